The molecule has 0 saturated heterocycles. The van der Waals surface area contributed by atoms with Crippen LogP contribution in [0.3, 0.4) is 0 Å². The first-order valence-corrected chi connectivity index (χ1v) is 13.8. The average Bonchev–Trinajstić information content (AvgIpc) is 3.05. The lowest BCUT2D eigenvalue weighted by Crippen LogP contribution is -2.22. The number of ketones is 2. The van der Waals surface area contributed by atoms with Gasteiger partial charge in [-0.1, -0.05) is 121 Å². The second-order valence-corrected chi connectivity index (χ2v) is 10.3. The molecule has 8 rings (SSSR count). The Balaban J connectivity index is 1.44. The molecule has 7 aromatic carbocycles. The van der Waals surface area contributed by atoms with Gasteiger partial charge in [0.1, 0.15) is 23.0 Å². The van der Waals surface area contributed by atoms with Gasteiger partial charge < -0.3 is 9.47 Å². The summed E-state index contributed by atoms with van der Waals surface area (Å²) in [5, 5.41) is 5.20. The molecule has 0 radical (unpaired) electrons. The molecule has 198 valence electrons. The predicted molar refractivity (Wildman–Crippen MR) is 165 cm³/mol. The van der Waals surface area contributed by atoms with Gasteiger partial charge in [-0.3, -0.25) is 9.59 Å². The monoisotopic (exact) mass is 542 g/mol. The number of ether oxygens (including phenoxy) is 2. The number of rotatable bonds is 4. The van der Waals surface area contributed by atoms with Gasteiger partial charge in [-0.05, 0) is 22.9 Å². The number of benzene rings is 7. The fraction of sp³-hybridized carbons (Fsp3) is 0. The zero-order valence-electron chi connectivity index (χ0n) is 22.3. The molecule has 1 aliphatic carbocycles. The van der Waals surface area contributed by atoms with Crippen LogP contribution in [0.1, 0.15) is 31.8 Å². The van der Waals surface area contributed by atoms with Crippen LogP contribution < -0.4 is 9.47 Å². The fourth-order valence-corrected chi connectivity index (χ4v) is 5.96. The molecule has 7 aromatic rings. The van der Waals surface area contributed by atoms with E-state index in [0.29, 0.717) is 44.9 Å². The smallest absolute Gasteiger partial charge is 0.198 e. The van der Waals surface area contributed by atoms with Gasteiger partial charge in [0.15, 0.2) is 11.6 Å². The standard InChI is InChI=1S/C38H22O4/c39-35-27-17-5-6-18-28(27)36(40)34-33(35)37(41-31-21-9-13-23-11-1-3-15-25(23)31)29-19-7-8-20-30(29)38(34)42-32-22-10-14-24-12-2-4-16-26(24)32/h1-22H. The normalized spacial score (nSPS) is 12.4. The Morgan fingerprint density at radius 3 is 1.17 bits per heavy atom. The zero-order valence-corrected chi connectivity index (χ0v) is 22.3. The van der Waals surface area contributed by atoms with E-state index in [-0.39, 0.29) is 22.7 Å². The van der Waals surface area contributed by atoms with Crippen molar-refractivity contribution < 1.29 is 19.1 Å². The molecule has 0 aromatic heterocycles. The van der Waals surface area contributed by atoms with Crippen LogP contribution in [-0.2, 0) is 0 Å². The van der Waals surface area contributed by atoms with Crippen LogP contribution in [-0.4, -0.2) is 11.6 Å². The third-order valence-electron chi connectivity index (χ3n) is 7.91. The summed E-state index contributed by atoms with van der Waals surface area (Å²) in [7, 11) is 0. The largest absolute Gasteiger partial charge is 0.455 e. The van der Waals surface area contributed by atoms with Gasteiger partial charge in [0.2, 0.25) is 0 Å². The maximum Gasteiger partial charge on any atom is 0.198 e. The van der Waals surface area contributed by atoms with E-state index in [2.05, 4.69) is 0 Å². The maximum absolute atomic E-state index is 14.3. The molecule has 4 heteroatoms. The Hall–Kier alpha value is -5.74. The quantitative estimate of drug-likeness (QED) is 0.222. The van der Waals surface area contributed by atoms with Gasteiger partial charge >= 0.3 is 0 Å². The lowest BCUT2D eigenvalue weighted by atomic mass is 9.81. The molecule has 1 aliphatic rings. The summed E-state index contributed by atoms with van der Waals surface area (Å²) >= 11 is 0. The predicted octanol–water partition coefficient (Wildman–Crippen LogP) is 9.51. The van der Waals surface area contributed by atoms with Crippen molar-refractivity contribution in [3.05, 3.63) is 156 Å². The topological polar surface area (TPSA) is 52.6 Å². The van der Waals surface area contributed by atoms with Crippen molar-refractivity contribution in [2.24, 2.45) is 0 Å². The van der Waals surface area contributed by atoms with Gasteiger partial charge in [0, 0.05) is 32.7 Å². The van der Waals surface area contributed by atoms with Crippen molar-refractivity contribution in [2.75, 3.05) is 0 Å². The minimum atomic E-state index is -0.274. The first-order chi connectivity index (χ1) is 20.7. The molecule has 0 atom stereocenters. The molecular formula is C38H22O4. The number of carbonyl (C=O) groups is 2. The van der Waals surface area contributed by atoms with Gasteiger partial charge in [0.25, 0.3) is 0 Å². The molecule has 0 unspecified atom stereocenters. The van der Waals surface area contributed by atoms with E-state index in [9.17, 15) is 9.59 Å². The van der Waals surface area contributed by atoms with E-state index in [4.69, 9.17) is 9.47 Å². The van der Waals surface area contributed by atoms with Gasteiger partial charge in [-0.25, -0.2) is 0 Å². The van der Waals surface area contributed by atoms with Crippen molar-refractivity contribution in [1.29, 1.82) is 0 Å². The Labute approximate surface area is 241 Å². The molecule has 0 aliphatic heterocycles. The van der Waals surface area contributed by atoms with E-state index in [1.165, 1.54) is 0 Å². The summed E-state index contributed by atoms with van der Waals surface area (Å²) in [6, 6.07) is 42.0. The van der Waals surface area contributed by atoms with Crippen LogP contribution in [0.25, 0.3) is 32.3 Å². The molecule has 0 heterocycles. The SMILES string of the molecule is O=C1c2ccccc2C(=O)c2c1c(Oc1cccc3ccccc13)c1ccccc1c2Oc1cccc2ccccc12. The number of hydrogen-bond donors (Lipinski definition) is 0. The fourth-order valence-electron chi connectivity index (χ4n) is 5.96. The third-order valence-corrected chi connectivity index (χ3v) is 7.91. The molecule has 0 saturated carbocycles. The Morgan fingerprint density at radius 1 is 0.357 bits per heavy atom. The highest BCUT2D eigenvalue weighted by molar-refractivity contribution is 6.32. The van der Waals surface area contributed by atoms with E-state index in [0.717, 1.165) is 21.5 Å². The van der Waals surface area contributed by atoms with Gasteiger partial charge in [0.05, 0.1) is 11.1 Å². The van der Waals surface area contributed by atoms with Crippen LogP contribution in [0.2, 0.25) is 0 Å². The summed E-state index contributed by atoms with van der Waals surface area (Å²) in [5.74, 6) is 1.34. The summed E-state index contributed by atoms with van der Waals surface area (Å²) in [4.78, 5) is 28.6. The van der Waals surface area contributed by atoms with Gasteiger partial charge in [-0.2, -0.15) is 0 Å². The van der Waals surface area contributed by atoms with Crippen molar-refractivity contribution in [1.82, 2.24) is 0 Å². The molecule has 4 nitrogen and oxygen atoms in total. The van der Waals surface area contributed by atoms with Gasteiger partial charge in [-0.15, -0.1) is 0 Å². The van der Waals surface area contributed by atoms with Crippen LogP contribution in [0.4, 0.5) is 0 Å². The number of hydrogen-bond acceptors (Lipinski definition) is 4. The Kier molecular flexibility index (Phi) is 5.41. The Morgan fingerprint density at radius 2 is 0.714 bits per heavy atom. The van der Waals surface area contributed by atoms with Crippen LogP contribution in [0.15, 0.2) is 133 Å². The molecule has 0 N–H and O–H groups in total. The highest BCUT2D eigenvalue weighted by Crippen LogP contribution is 2.49. The van der Waals surface area contributed by atoms with Crippen LogP contribution >= 0.6 is 0 Å². The Bertz CT molecular complexity index is 2080. The highest BCUT2D eigenvalue weighted by Gasteiger charge is 2.37. The third kappa shape index (κ3) is 3.62. The van der Waals surface area contributed by atoms with E-state index in [1.54, 1.807) is 24.3 Å². The molecule has 42 heavy (non-hydrogen) atoms. The van der Waals surface area contributed by atoms with Crippen LogP contribution in [0, 0.1) is 0 Å². The van der Waals surface area contributed by atoms with E-state index < -0.39 is 0 Å². The van der Waals surface area contributed by atoms with E-state index >= 15 is 0 Å². The minimum absolute atomic E-state index is 0.209. The maximum atomic E-state index is 14.3. The lowest BCUT2D eigenvalue weighted by molar-refractivity contribution is 0.0975. The van der Waals surface area contributed by atoms with Crippen molar-refractivity contribution >= 4 is 43.9 Å². The summed E-state index contributed by atoms with van der Waals surface area (Å²) in [5.41, 5.74) is 1.12. The van der Waals surface area contributed by atoms with Crippen molar-refractivity contribution in [3.63, 3.8) is 0 Å². The zero-order chi connectivity index (χ0) is 28.2. The second kappa shape index (κ2) is 9.43. The lowest BCUT2D eigenvalue weighted by Gasteiger charge is -2.25. The molecule has 0 spiro atoms. The number of carbonyl (C=O) groups excluding carboxylic acids is 2. The summed E-state index contributed by atoms with van der Waals surface area (Å²) in [6.45, 7) is 0. The second-order valence-electron chi connectivity index (χ2n) is 10.3. The first-order valence-electron chi connectivity index (χ1n) is 13.8. The molecular weight excluding hydrogens is 520 g/mol. The minimum Gasteiger partial charge on any atom is -0.455 e. The van der Waals surface area contributed by atoms with Crippen LogP contribution in [0.5, 0.6) is 23.0 Å². The molecule has 0 amide bonds. The molecule has 0 fully saturated rings. The number of fused-ring (bicyclic) bond motifs is 5. The summed E-state index contributed by atoms with van der Waals surface area (Å²) in [6.07, 6.45) is 0. The first kappa shape index (κ1) is 24.1. The summed E-state index contributed by atoms with van der Waals surface area (Å²) < 4.78 is 13.4. The highest BCUT2D eigenvalue weighted by atomic mass is 16.5. The van der Waals surface area contributed by atoms with Crippen molar-refractivity contribution in [3.8, 4) is 23.0 Å². The molecule has 0 bridgehead atoms. The average molecular weight is 543 g/mol. The van der Waals surface area contributed by atoms with Crippen molar-refractivity contribution in [2.45, 2.75) is 0 Å². The van der Waals surface area contributed by atoms with E-state index in [1.807, 2.05) is 109 Å².